The van der Waals surface area contributed by atoms with Crippen molar-refractivity contribution in [3.63, 3.8) is 0 Å². The minimum atomic E-state index is -0.364. The lowest BCUT2D eigenvalue weighted by molar-refractivity contribution is -0.114. The van der Waals surface area contributed by atoms with Gasteiger partial charge in [-0.1, -0.05) is 11.3 Å². The van der Waals surface area contributed by atoms with Crippen molar-refractivity contribution in [1.82, 2.24) is 24.9 Å². The molecule has 0 aliphatic carbocycles. The van der Waals surface area contributed by atoms with E-state index < -0.39 is 0 Å². The summed E-state index contributed by atoms with van der Waals surface area (Å²) in [5.41, 5.74) is 6.31. The molecule has 0 radical (unpaired) electrons. The molecule has 0 aromatic carbocycles. The molecule has 172 valence electrons. The van der Waals surface area contributed by atoms with E-state index in [-0.39, 0.29) is 39.4 Å². The van der Waals surface area contributed by atoms with E-state index in [4.69, 9.17) is 10.7 Å². The second-order valence-electron chi connectivity index (χ2n) is 11.1. The van der Waals surface area contributed by atoms with E-state index in [1.54, 1.807) is 18.3 Å². The molecule has 1 fully saturated rings. The molecule has 3 aromatic heterocycles. The van der Waals surface area contributed by atoms with Crippen LogP contribution < -0.4 is 26.8 Å². The molecule has 19 heteroatoms. The van der Waals surface area contributed by atoms with Gasteiger partial charge in [0.25, 0.3) is 5.56 Å². The third-order valence-corrected chi connectivity index (χ3v) is 8.67. The second-order valence-corrected chi connectivity index (χ2v) is 12.1. The smallest absolute Gasteiger partial charge is 0.277 e. The molecule has 0 bridgehead atoms. The van der Waals surface area contributed by atoms with Crippen LogP contribution in [0, 0.1) is 0 Å². The molecule has 3 aromatic rings. The van der Waals surface area contributed by atoms with E-state index in [0.717, 1.165) is 0 Å². The van der Waals surface area contributed by atoms with Gasteiger partial charge in [-0.05, 0) is 27.4 Å². The van der Waals surface area contributed by atoms with E-state index in [1.165, 1.54) is 22.0 Å². The Morgan fingerprint density at radius 2 is 1.69 bits per heavy atom. The van der Waals surface area contributed by atoms with Crippen LogP contribution in [0.3, 0.4) is 0 Å². The predicted molar refractivity (Wildman–Crippen MR) is 163 cm³/mol. The molecular weight excluding hydrogens is 455 g/mol. The van der Waals surface area contributed by atoms with Crippen molar-refractivity contribution in [2.45, 2.75) is 21.4 Å². The number of nitrogens with two attached hydrogens (primary N) is 1. The number of hydrogen-bond acceptors (Lipinski definition) is 9. The predicted octanol–water partition coefficient (Wildman–Crippen LogP) is -8.80. The summed E-state index contributed by atoms with van der Waals surface area (Å²) in [6, 6.07) is 3.31. The molecule has 0 spiro atoms. The maximum Gasteiger partial charge on any atom is 0.277 e. The van der Waals surface area contributed by atoms with Crippen molar-refractivity contribution in [2.75, 3.05) is 16.8 Å². The van der Waals surface area contributed by atoms with Crippen LogP contribution in [0.25, 0.3) is 15.5 Å². The van der Waals surface area contributed by atoms with Crippen molar-refractivity contribution in [3.8, 4) is 10.6 Å². The summed E-state index contributed by atoms with van der Waals surface area (Å²) in [5.74, 6) is 0.299. The molecule has 4 N–H and O–H groups in total. The van der Waals surface area contributed by atoms with Gasteiger partial charge in [0.15, 0.2) is 0 Å². The molecule has 4 heterocycles. The SMILES string of the molecule is BC1(B)NC(B)(B)C(B)(B)N(c2cc(=O)n3nc(-c4cncc(NC(=O)CN)c4)sc3n2)C1(B)B. The lowest BCUT2D eigenvalue weighted by Gasteiger charge is -2.70. The molecule has 1 aliphatic rings. The minimum absolute atomic E-state index is 0.125. The number of pyridine rings is 1. The molecule has 1 saturated heterocycles. The summed E-state index contributed by atoms with van der Waals surface area (Å²) in [6.07, 6.45) is 3.17. The summed E-state index contributed by atoms with van der Waals surface area (Å²) < 4.78 is 1.31. The molecule has 0 unspecified atom stereocenters. The first-order chi connectivity index (χ1) is 16.1. The molecular formula is C16H26B8N8O2S. The highest BCUT2D eigenvalue weighted by atomic mass is 32.1. The van der Waals surface area contributed by atoms with Crippen molar-refractivity contribution in [2.24, 2.45) is 5.73 Å². The monoisotopic (exact) mass is 482 g/mol. The van der Waals surface area contributed by atoms with E-state index in [2.05, 4.69) is 88.4 Å². The summed E-state index contributed by atoms with van der Waals surface area (Å²) in [7, 11) is 17.4. The fraction of sp³-hybridized carbons (Fsp3) is 0.312. The van der Waals surface area contributed by atoms with Gasteiger partial charge in [-0.15, -0.1) is 0 Å². The van der Waals surface area contributed by atoms with Gasteiger partial charge in [-0.25, -0.2) is 4.98 Å². The Morgan fingerprint density at radius 3 is 2.29 bits per heavy atom. The van der Waals surface area contributed by atoms with Crippen LogP contribution in [0.1, 0.15) is 0 Å². The molecule has 0 atom stereocenters. The third-order valence-electron chi connectivity index (χ3n) is 7.72. The Balaban J connectivity index is 1.83. The first kappa shape index (κ1) is 25.7. The van der Waals surface area contributed by atoms with Gasteiger partial charge in [0.05, 0.1) is 18.4 Å². The highest BCUT2D eigenvalue weighted by molar-refractivity contribution is 7.19. The largest absolute Gasteiger partial charge is 0.376 e. The Bertz CT molecular complexity index is 1350. The Morgan fingerprint density at radius 1 is 1.06 bits per heavy atom. The van der Waals surface area contributed by atoms with E-state index in [0.29, 0.717) is 27.0 Å². The van der Waals surface area contributed by atoms with Gasteiger partial charge < -0.3 is 21.3 Å². The Hall–Kier alpha value is -2.37. The standard InChI is InChI=1S/C16H26B8N8O2S/c17-13(18)15(21,22)32(16(23,24)14(19,20)30-13)8-2-10(34)31-12(28-8)35-11(29-31)6-1-7(5-26-4-6)27-9(33)3-25/h1-2,4-5,30H,3,17-25H2,(H,27,33). The molecule has 10 nitrogen and oxygen atoms in total. The van der Waals surface area contributed by atoms with Gasteiger partial charge in [0.2, 0.25) is 10.9 Å². The number of aromatic nitrogens is 4. The van der Waals surface area contributed by atoms with Crippen LogP contribution in [-0.4, -0.2) is 116 Å². The van der Waals surface area contributed by atoms with Gasteiger partial charge in [-0.3, -0.25) is 14.6 Å². The first-order valence-corrected chi connectivity index (χ1v) is 12.4. The summed E-state index contributed by atoms with van der Waals surface area (Å²) in [6.45, 7) is -0.125. The van der Waals surface area contributed by atoms with Crippen molar-refractivity contribution < 1.29 is 4.79 Å². The van der Waals surface area contributed by atoms with Crippen LogP contribution in [0.4, 0.5) is 11.5 Å². The minimum Gasteiger partial charge on any atom is -0.376 e. The molecule has 35 heavy (non-hydrogen) atoms. The van der Waals surface area contributed by atoms with Crippen molar-refractivity contribution >= 4 is 96.5 Å². The maximum atomic E-state index is 13.2. The molecule has 4 rings (SSSR count). The van der Waals surface area contributed by atoms with Crippen molar-refractivity contribution in [3.05, 3.63) is 34.9 Å². The lowest BCUT2D eigenvalue weighted by Crippen LogP contribution is -2.92. The van der Waals surface area contributed by atoms with Crippen molar-refractivity contribution in [1.29, 1.82) is 0 Å². The van der Waals surface area contributed by atoms with Crippen LogP contribution in [0.5, 0.6) is 0 Å². The van der Waals surface area contributed by atoms with E-state index in [9.17, 15) is 9.59 Å². The van der Waals surface area contributed by atoms with Gasteiger partial charge in [-0.2, -0.15) is 9.61 Å². The van der Waals surface area contributed by atoms with Gasteiger partial charge >= 0.3 is 0 Å². The third kappa shape index (κ3) is 4.17. The Kier molecular flexibility index (Phi) is 6.13. The number of nitrogens with zero attached hydrogens (tertiary/aromatic N) is 5. The molecule has 0 saturated carbocycles. The zero-order chi connectivity index (χ0) is 26.0. The van der Waals surface area contributed by atoms with Crippen LogP contribution in [0.15, 0.2) is 29.3 Å². The highest BCUT2D eigenvalue weighted by Crippen LogP contribution is 2.38. The number of carbonyl (C=O) groups excluding carboxylic acids is 1. The van der Waals surface area contributed by atoms with Crippen LogP contribution in [-0.2, 0) is 4.79 Å². The van der Waals surface area contributed by atoms with E-state index in [1.807, 2.05) is 0 Å². The number of anilines is 2. The topological polar surface area (TPSA) is 131 Å². The summed E-state index contributed by atoms with van der Waals surface area (Å²) in [5, 5.41) is 10.3. The highest BCUT2D eigenvalue weighted by Gasteiger charge is 2.57. The maximum absolute atomic E-state index is 13.2. The fourth-order valence-electron chi connectivity index (χ4n) is 4.79. The van der Waals surface area contributed by atoms with E-state index >= 15 is 0 Å². The molecule has 1 aliphatic heterocycles. The lowest BCUT2D eigenvalue weighted by atomic mass is 9.27. The summed E-state index contributed by atoms with van der Waals surface area (Å²) in [4.78, 5) is 36.7. The number of piperazine rings is 1. The van der Waals surface area contributed by atoms with Crippen LogP contribution >= 0.6 is 11.3 Å². The normalized spacial score (nSPS) is 19.9. The number of nitrogens with one attached hydrogen (secondary N) is 2. The molecule has 1 amide bonds. The van der Waals surface area contributed by atoms with Gasteiger partial charge in [0.1, 0.15) is 73.6 Å². The average Bonchev–Trinajstić information content (AvgIpc) is 3.17. The quantitative estimate of drug-likeness (QED) is 0.314. The number of hydrogen-bond donors (Lipinski definition) is 3. The average molecular weight is 481 g/mol. The number of carbonyl (C=O) groups is 1. The fourth-order valence-corrected chi connectivity index (χ4v) is 5.67. The number of rotatable bonds is 4. The second kappa shape index (κ2) is 8.35. The zero-order valence-electron chi connectivity index (χ0n) is 21.6. The number of fused-ring (bicyclic) bond motifs is 1. The van der Waals surface area contributed by atoms with Gasteiger partial charge in [0, 0.05) is 17.8 Å². The first-order valence-electron chi connectivity index (χ1n) is 11.6. The Labute approximate surface area is 215 Å². The zero-order valence-corrected chi connectivity index (χ0v) is 22.4. The van der Waals surface area contributed by atoms with Crippen LogP contribution in [0.2, 0.25) is 0 Å². The number of amides is 1. The summed E-state index contributed by atoms with van der Waals surface area (Å²) >= 11 is 1.30.